The van der Waals surface area contributed by atoms with E-state index in [0.717, 1.165) is 18.7 Å². The highest BCUT2D eigenvalue weighted by Crippen LogP contribution is 2.26. The van der Waals surface area contributed by atoms with E-state index in [1.165, 1.54) is 16.5 Å². The average Bonchev–Trinajstić information content (AvgIpc) is 2.85. The second kappa shape index (κ2) is 6.75. The number of nitrogens with two attached hydrogens (primary N) is 1. The summed E-state index contributed by atoms with van der Waals surface area (Å²) in [5.41, 5.74) is 4.31. The van der Waals surface area contributed by atoms with Gasteiger partial charge in [0.2, 0.25) is 0 Å². The fourth-order valence-electron chi connectivity index (χ4n) is 2.37. The SMILES string of the molecule is CN1CCSCC1C(Cc1nc(C(C)(C)C)cs1)NN. The van der Waals surface area contributed by atoms with Crippen molar-refractivity contribution in [2.45, 2.75) is 44.7 Å². The number of rotatable bonds is 4. The van der Waals surface area contributed by atoms with Gasteiger partial charge in [-0.2, -0.15) is 11.8 Å². The van der Waals surface area contributed by atoms with Crippen molar-refractivity contribution in [3.8, 4) is 0 Å². The van der Waals surface area contributed by atoms with Crippen molar-refractivity contribution in [2.75, 3.05) is 25.1 Å². The minimum atomic E-state index is 0.123. The molecule has 0 radical (unpaired) electrons. The summed E-state index contributed by atoms with van der Waals surface area (Å²) in [6.45, 7) is 7.75. The van der Waals surface area contributed by atoms with Crippen LogP contribution in [0.15, 0.2) is 5.38 Å². The molecule has 20 heavy (non-hydrogen) atoms. The van der Waals surface area contributed by atoms with Crippen LogP contribution in [0.1, 0.15) is 31.5 Å². The first-order chi connectivity index (χ1) is 9.41. The third-order valence-corrected chi connectivity index (χ3v) is 5.76. The number of aromatic nitrogens is 1. The van der Waals surface area contributed by atoms with Gasteiger partial charge in [-0.3, -0.25) is 11.3 Å². The van der Waals surface area contributed by atoms with Crippen molar-refractivity contribution in [2.24, 2.45) is 5.84 Å². The molecule has 0 aromatic carbocycles. The zero-order valence-corrected chi connectivity index (χ0v) is 14.5. The predicted molar refractivity (Wildman–Crippen MR) is 89.4 cm³/mol. The predicted octanol–water partition coefficient (Wildman–Crippen LogP) is 1.86. The van der Waals surface area contributed by atoms with Gasteiger partial charge in [0, 0.05) is 47.4 Å². The normalized spacial score (nSPS) is 22.9. The fourth-order valence-corrected chi connectivity index (χ4v) is 4.77. The summed E-state index contributed by atoms with van der Waals surface area (Å²) in [5, 5.41) is 3.37. The van der Waals surface area contributed by atoms with E-state index in [9.17, 15) is 0 Å². The zero-order valence-electron chi connectivity index (χ0n) is 12.8. The molecule has 2 atom stereocenters. The van der Waals surface area contributed by atoms with Crippen molar-refractivity contribution in [1.82, 2.24) is 15.3 Å². The highest BCUT2D eigenvalue weighted by Gasteiger charge is 2.28. The van der Waals surface area contributed by atoms with Crippen molar-refractivity contribution < 1.29 is 0 Å². The van der Waals surface area contributed by atoms with Gasteiger partial charge in [0.15, 0.2) is 0 Å². The summed E-state index contributed by atoms with van der Waals surface area (Å²) < 4.78 is 0. The van der Waals surface area contributed by atoms with Gasteiger partial charge in [-0.15, -0.1) is 11.3 Å². The third-order valence-electron chi connectivity index (χ3n) is 3.84. The smallest absolute Gasteiger partial charge is 0.0945 e. The Morgan fingerprint density at radius 2 is 2.30 bits per heavy atom. The second-order valence-corrected chi connectivity index (χ2v) is 8.57. The minimum Gasteiger partial charge on any atom is -0.300 e. The van der Waals surface area contributed by atoms with Crippen LogP contribution in [-0.2, 0) is 11.8 Å². The van der Waals surface area contributed by atoms with Gasteiger partial charge in [-0.25, -0.2) is 4.98 Å². The maximum absolute atomic E-state index is 5.80. The topological polar surface area (TPSA) is 54.2 Å². The van der Waals surface area contributed by atoms with Crippen LogP contribution >= 0.6 is 23.1 Å². The summed E-state index contributed by atoms with van der Waals surface area (Å²) in [6, 6.07) is 0.757. The van der Waals surface area contributed by atoms with E-state index in [2.05, 4.69) is 43.5 Å². The Kier molecular flexibility index (Phi) is 5.48. The van der Waals surface area contributed by atoms with Crippen LogP contribution < -0.4 is 11.3 Å². The molecule has 0 saturated carbocycles. The highest BCUT2D eigenvalue weighted by molar-refractivity contribution is 7.99. The lowest BCUT2D eigenvalue weighted by molar-refractivity contribution is 0.214. The molecule has 1 aliphatic rings. The van der Waals surface area contributed by atoms with E-state index >= 15 is 0 Å². The summed E-state index contributed by atoms with van der Waals surface area (Å²) in [4.78, 5) is 7.20. The van der Waals surface area contributed by atoms with Gasteiger partial charge < -0.3 is 4.90 Å². The third kappa shape index (κ3) is 3.95. The number of thioether (sulfide) groups is 1. The van der Waals surface area contributed by atoms with Crippen molar-refractivity contribution in [3.63, 3.8) is 0 Å². The summed E-state index contributed by atoms with van der Waals surface area (Å²) in [6.07, 6.45) is 0.910. The number of hydrazine groups is 1. The average molecular weight is 315 g/mol. The number of hydrogen-bond donors (Lipinski definition) is 2. The Morgan fingerprint density at radius 1 is 1.55 bits per heavy atom. The number of hydrogen-bond acceptors (Lipinski definition) is 6. The quantitative estimate of drug-likeness (QED) is 0.656. The van der Waals surface area contributed by atoms with Gasteiger partial charge in [0.1, 0.15) is 0 Å². The van der Waals surface area contributed by atoms with Crippen LogP contribution in [0.25, 0.3) is 0 Å². The fraction of sp³-hybridized carbons (Fsp3) is 0.786. The van der Waals surface area contributed by atoms with Gasteiger partial charge >= 0.3 is 0 Å². The first-order valence-corrected chi connectivity index (χ1v) is 9.14. The number of nitrogens with zero attached hydrogens (tertiary/aromatic N) is 2. The Balaban J connectivity index is 2.04. The van der Waals surface area contributed by atoms with E-state index in [1.54, 1.807) is 11.3 Å². The molecular formula is C14H26N4S2. The number of nitrogens with one attached hydrogen (secondary N) is 1. The first-order valence-electron chi connectivity index (χ1n) is 7.11. The van der Waals surface area contributed by atoms with E-state index in [1.807, 2.05) is 11.8 Å². The number of likely N-dealkylation sites (N-methyl/N-ethyl adjacent to an activating group) is 1. The van der Waals surface area contributed by atoms with Crippen LogP contribution in [0.4, 0.5) is 0 Å². The summed E-state index contributed by atoms with van der Waals surface area (Å²) in [7, 11) is 2.19. The van der Waals surface area contributed by atoms with Gasteiger partial charge in [-0.05, 0) is 7.05 Å². The second-order valence-electron chi connectivity index (χ2n) is 6.48. The lowest BCUT2D eigenvalue weighted by Crippen LogP contribution is -2.55. The molecule has 0 spiro atoms. The maximum atomic E-state index is 5.80. The Morgan fingerprint density at radius 3 is 2.85 bits per heavy atom. The van der Waals surface area contributed by atoms with E-state index in [4.69, 9.17) is 10.8 Å². The molecule has 1 fully saturated rings. The zero-order chi connectivity index (χ0) is 14.8. The number of thiazole rings is 1. The van der Waals surface area contributed by atoms with E-state index in [0.29, 0.717) is 6.04 Å². The highest BCUT2D eigenvalue weighted by atomic mass is 32.2. The molecule has 2 rings (SSSR count). The monoisotopic (exact) mass is 314 g/mol. The lowest BCUT2D eigenvalue weighted by atomic mass is 9.93. The molecular weight excluding hydrogens is 288 g/mol. The van der Waals surface area contributed by atoms with Crippen molar-refractivity contribution in [3.05, 3.63) is 16.1 Å². The molecule has 114 valence electrons. The largest absolute Gasteiger partial charge is 0.300 e. The molecule has 0 bridgehead atoms. The van der Waals surface area contributed by atoms with Gasteiger partial charge in [0.05, 0.1) is 10.7 Å². The first kappa shape index (κ1) is 16.2. The van der Waals surface area contributed by atoms with E-state index < -0.39 is 0 Å². The van der Waals surface area contributed by atoms with Crippen molar-refractivity contribution >= 4 is 23.1 Å². The van der Waals surface area contributed by atoms with Crippen LogP contribution in [0.3, 0.4) is 0 Å². The Bertz CT molecular complexity index is 427. The molecule has 0 amide bonds. The maximum Gasteiger partial charge on any atom is 0.0945 e. The van der Waals surface area contributed by atoms with Crippen molar-refractivity contribution in [1.29, 1.82) is 0 Å². The molecule has 1 aromatic rings. The molecule has 6 heteroatoms. The molecule has 1 aromatic heterocycles. The van der Waals surface area contributed by atoms with Crippen LogP contribution in [0.2, 0.25) is 0 Å². The van der Waals surface area contributed by atoms with Gasteiger partial charge in [0.25, 0.3) is 0 Å². The molecule has 3 N–H and O–H groups in total. The van der Waals surface area contributed by atoms with Gasteiger partial charge in [-0.1, -0.05) is 20.8 Å². The van der Waals surface area contributed by atoms with Crippen LogP contribution in [0, 0.1) is 0 Å². The molecule has 1 aliphatic heterocycles. The molecule has 0 aliphatic carbocycles. The van der Waals surface area contributed by atoms with E-state index in [-0.39, 0.29) is 11.5 Å². The molecule has 2 unspecified atom stereocenters. The van der Waals surface area contributed by atoms with Crippen LogP contribution in [-0.4, -0.2) is 47.1 Å². The standard InChI is InChI=1S/C14H26N4S2/c1-14(2,3)12-9-20-13(16-12)7-10(17-15)11-8-19-6-5-18(11)4/h9-11,17H,5-8,15H2,1-4H3. The minimum absolute atomic E-state index is 0.123. The Hall–Kier alpha value is -0.140. The Labute approximate surface area is 130 Å². The summed E-state index contributed by atoms with van der Waals surface area (Å²) >= 11 is 3.77. The molecule has 1 saturated heterocycles. The molecule has 2 heterocycles. The lowest BCUT2D eigenvalue weighted by Gasteiger charge is -2.37. The molecule has 4 nitrogen and oxygen atoms in total. The summed E-state index contributed by atoms with van der Waals surface area (Å²) in [5.74, 6) is 8.16. The van der Waals surface area contributed by atoms with Crippen LogP contribution in [0.5, 0.6) is 0 Å².